The van der Waals surface area contributed by atoms with Crippen LogP contribution in [0.3, 0.4) is 0 Å². The van der Waals surface area contributed by atoms with E-state index in [4.69, 9.17) is 4.74 Å². The maximum atomic E-state index is 11.8. The third-order valence-electron chi connectivity index (χ3n) is 2.65. The number of hydrogen-bond donors (Lipinski definition) is 0. The molecule has 100 valence electrons. The van der Waals surface area contributed by atoms with Crippen LogP contribution in [-0.2, 0) is 4.79 Å². The number of nitrogens with zero attached hydrogens (tertiary/aromatic N) is 1. The first kappa shape index (κ1) is 15.0. The summed E-state index contributed by atoms with van der Waals surface area (Å²) in [7, 11) is 1.83. The van der Waals surface area contributed by atoms with Crippen LogP contribution in [0, 0.1) is 0 Å². The van der Waals surface area contributed by atoms with Crippen molar-refractivity contribution in [1.82, 2.24) is 4.90 Å². The molecule has 1 unspecified atom stereocenters. The molecule has 18 heavy (non-hydrogen) atoms. The van der Waals surface area contributed by atoms with Gasteiger partial charge in [-0.25, -0.2) is 0 Å². The highest BCUT2D eigenvalue weighted by Gasteiger charge is 2.16. The molecule has 0 radical (unpaired) electrons. The fourth-order valence-electron chi connectivity index (χ4n) is 1.53. The van der Waals surface area contributed by atoms with E-state index in [-0.39, 0.29) is 10.7 Å². The molecule has 1 aromatic rings. The van der Waals surface area contributed by atoms with Gasteiger partial charge in [-0.05, 0) is 25.0 Å². The van der Waals surface area contributed by atoms with Crippen LogP contribution >= 0.6 is 15.9 Å². The minimum atomic E-state index is -0.0717. The first-order valence-electron chi connectivity index (χ1n) is 6.22. The van der Waals surface area contributed by atoms with Crippen molar-refractivity contribution in [2.75, 3.05) is 20.2 Å². The summed E-state index contributed by atoms with van der Waals surface area (Å²) in [5, 5.41) is 0. The molecule has 1 amide bonds. The van der Waals surface area contributed by atoms with Gasteiger partial charge >= 0.3 is 0 Å². The van der Waals surface area contributed by atoms with E-state index < -0.39 is 0 Å². The third kappa shape index (κ3) is 5.08. The van der Waals surface area contributed by atoms with Crippen molar-refractivity contribution in [2.24, 2.45) is 0 Å². The molecule has 4 heteroatoms. The zero-order valence-corrected chi connectivity index (χ0v) is 12.5. The maximum absolute atomic E-state index is 11.8. The van der Waals surface area contributed by atoms with E-state index in [0.717, 1.165) is 18.6 Å². The standard InChI is InChI=1S/C14H20BrNO2/c1-3-13(15)14(17)16(2)10-7-11-18-12-8-5-4-6-9-12/h4-6,8-9,13H,3,7,10-11H2,1-2H3. The first-order valence-corrected chi connectivity index (χ1v) is 7.13. The Morgan fingerprint density at radius 1 is 1.39 bits per heavy atom. The molecule has 0 aliphatic carbocycles. The predicted molar refractivity (Wildman–Crippen MR) is 77.2 cm³/mol. The van der Waals surface area contributed by atoms with Crippen molar-refractivity contribution in [3.63, 3.8) is 0 Å². The summed E-state index contributed by atoms with van der Waals surface area (Å²) in [6.07, 6.45) is 1.64. The van der Waals surface area contributed by atoms with E-state index in [1.54, 1.807) is 4.90 Å². The second-order valence-corrected chi connectivity index (χ2v) is 5.26. The average molecular weight is 314 g/mol. The summed E-state index contributed by atoms with van der Waals surface area (Å²) in [6.45, 7) is 3.33. The Labute approximate surface area is 117 Å². The number of ether oxygens (including phenoxy) is 1. The topological polar surface area (TPSA) is 29.5 Å². The van der Waals surface area contributed by atoms with E-state index in [0.29, 0.717) is 13.2 Å². The van der Waals surface area contributed by atoms with Gasteiger partial charge in [0.15, 0.2) is 0 Å². The summed E-state index contributed by atoms with van der Waals surface area (Å²) in [6, 6.07) is 9.71. The number of carbonyl (C=O) groups excluding carboxylic acids is 1. The average Bonchev–Trinajstić information content (AvgIpc) is 2.42. The second-order valence-electron chi connectivity index (χ2n) is 4.15. The smallest absolute Gasteiger partial charge is 0.236 e. The fraction of sp³-hybridized carbons (Fsp3) is 0.500. The molecule has 0 aliphatic rings. The van der Waals surface area contributed by atoms with Crippen LogP contribution in [0.25, 0.3) is 0 Å². The Bertz CT molecular complexity index is 356. The summed E-state index contributed by atoms with van der Waals surface area (Å²) >= 11 is 3.37. The Kier molecular flexibility index (Phi) is 6.80. The van der Waals surface area contributed by atoms with Gasteiger partial charge in [0, 0.05) is 13.6 Å². The van der Waals surface area contributed by atoms with Gasteiger partial charge in [-0.2, -0.15) is 0 Å². The van der Waals surface area contributed by atoms with Crippen molar-refractivity contribution in [3.05, 3.63) is 30.3 Å². The van der Waals surface area contributed by atoms with Crippen molar-refractivity contribution in [3.8, 4) is 5.75 Å². The number of rotatable bonds is 7. The number of amides is 1. The minimum Gasteiger partial charge on any atom is -0.494 e. The molecule has 0 heterocycles. The Morgan fingerprint density at radius 3 is 2.67 bits per heavy atom. The zero-order valence-electron chi connectivity index (χ0n) is 10.9. The molecule has 1 aromatic carbocycles. The number of halogens is 1. The van der Waals surface area contributed by atoms with Crippen molar-refractivity contribution in [2.45, 2.75) is 24.6 Å². The molecule has 0 fully saturated rings. The zero-order chi connectivity index (χ0) is 13.4. The third-order valence-corrected chi connectivity index (χ3v) is 3.69. The number of carbonyl (C=O) groups is 1. The van der Waals surface area contributed by atoms with Gasteiger partial charge in [0.25, 0.3) is 0 Å². The van der Waals surface area contributed by atoms with Crippen LogP contribution in [0.2, 0.25) is 0 Å². The number of para-hydroxylation sites is 1. The predicted octanol–water partition coefficient (Wildman–Crippen LogP) is 3.09. The highest BCUT2D eigenvalue weighted by molar-refractivity contribution is 9.10. The highest BCUT2D eigenvalue weighted by atomic mass is 79.9. The molecule has 0 saturated carbocycles. The van der Waals surface area contributed by atoms with E-state index in [1.807, 2.05) is 44.3 Å². The summed E-state index contributed by atoms with van der Waals surface area (Å²) in [5.74, 6) is 1.01. The Balaban J connectivity index is 2.20. The fourth-order valence-corrected chi connectivity index (χ4v) is 1.88. The number of benzene rings is 1. The quantitative estimate of drug-likeness (QED) is 0.572. The summed E-state index contributed by atoms with van der Waals surface area (Å²) in [5.41, 5.74) is 0. The highest BCUT2D eigenvalue weighted by Crippen LogP contribution is 2.10. The summed E-state index contributed by atoms with van der Waals surface area (Å²) in [4.78, 5) is 13.5. The van der Waals surface area contributed by atoms with Gasteiger partial charge in [-0.3, -0.25) is 4.79 Å². The molecule has 0 aliphatic heterocycles. The van der Waals surface area contributed by atoms with E-state index in [2.05, 4.69) is 15.9 Å². The van der Waals surface area contributed by atoms with Gasteiger partial charge in [-0.1, -0.05) is 41.1 Å². The van der Waals surface area contributed by atoms with Gasteiger partial charge in [0.1, 0.15) is 5.75 Å². The van der Waals surface area contributed by atoms with E-state index in [9.17, 15) is 4.79 Å². The van der Waals surface area contributed by atoms with Gasteiger partial charge in [0.2, 0.25) is 5.91 Å². The van der Waals surface area contributed by atoms with Crippen molar-refractivity contribution >= 4 is 21.8 Å². The van der Waals surface area contributed by atoms with E-state index >= 15 is 0 Å². The number of hydrogen-bond acceptors (Lipinski definition) is 2. The van der Waals surface area contributed by atoms with Gasteiger partial charge < -0.3 is 9.64 Å². The first-order chi connectivity index (χ1) is 8.65. The molecule has 1 rings (SSSR count). The van der Waals surface area contributed by atoms with Crippen LogP contribution in [0.1, 0.15) is 19.8 Å². The molecule has 0 N–H and O–H groups in total. The van der Waals surface area contributed by atoms with Gasteiger partial charge in [0.05, 0.1) is 11.4 Å². The monoisotopic (exact) mass is 313 g/mol. The van der Waals surface area contributed by atoms with Crippen LogP contribution < -0.4 is 4.74 Å². The lowest BCUT2D eigenvalue weighted by Gasteiger charge is -2.19. The Morgan fingerprint density at radius 2 is 2.06 bits per heavy atom. The molecule has 0 saturated heterocycles. The SMILES string of the molecule is CCC(Br)C(=O)N(C)CCCOc1ccccc1. The normalized spacial score (nSPS) is 11.9. The summed E-state index contributed by atoms with van der Waals surface area (Å²) < 4.78 is 5.57. The van der Waals surface area contributed by atoms with Crippen LogP contribution in [0.5, 0.6) is 5.75 Å². The van der Waals surface area contributed by atoms with Crippen LogP contribution in [-0.4, -0.2) is 35.8 Å². The molecular weight excluding hydrogens is 294 g/mol. The molecule has 0 aromatic heterocycles. The largest absolute Gasteiger partial charge is 0.494 e. The van der Waals surface area contributed by atoms with Crippen LogP contribution in [0.15, 0.2) is 30.3 Å². The lowest BCUT2D eigenvalue weighted by molar-refractivity contribution is -0.129. The lowest BCUT2D eigenvalue weighted by atomic mass is 10.3. The van der Waals surface area contributed by atoms with Crippen molar-refractivity contribution in [1.29, 1.82) is 0 Å². The molecule has 1 atom stereocenters. The minimum absolute atomic E-state index is 0.0717. The molecule has 0 bridgehead atoms. The van der Waals surface area contributed by atoms with Crippen molar-refractivity contribution < 1.29 is 9.53 Å². The van der Waals surface area contributed by atoms with Crippen LogP contribution in [0.4, 0.5) is 0 Å². The lowest BCUT2D eigenvalue weighted by Crippen LogP contribution is -2.34. The molecule has 3 nitrogen and oxygen atoms in total. The van der Waals surface area contributed by atoms with E-state index in [1.165, 1.54) is 0 Å². The maximum Gasteiger partial charge on any atom is 0.236 e. The number of alkyl halides is 1. The Hall–Kier alpha value is -1.03. The molecule has 0 spiro atoms. The molecular formula is C14H20BrNO2. The second kappa shape index (κ2) is 8.14. The van der Waals surface area contributed by atoms with Gasteiger partial charge in [-0.15, -0.1) is 0 Å².